The predicted octanol–water partition coefficient (Wildman–Crippen LogP) is 18.6. The first-order chi connectivity index (χ1) is 35.9. The number of amides is 1. The van der Waals surface area contributed by atoms with Crippen LogP contribution in [0.2, 0.25) is 0 Å². The molecule has 0 rings (SSSR count). The molecule has 0 bridgehead atoms. The molecular formula is C64H121N2O7P. The molecule has 1 amide bonds. The van der Waals surface area contributed by atoms with Gasteiger partial charge in [-0.1, -0.05) is 262 Å². The molecule has 3 unspecified atom stereocenters. The van der Waals surface area contributed by atoms with Gasteiger partial charge in [-0.2, -0.15) is 0 Å². The van der Waals surface area contributed by atoms with Gasteiger partial charge in [0.1, 0.15) is 19.3 Å². The van der Waals surface area contributed by atoms with Crippen LogP contribution in [0.3, 0.4) is 0 Å². The van der Waals surface area contributed by atoms with E-state index in [2.05, 4.69) is 62.5 Å². The van der Waals surface area contributed by atoms with Crippen molar-refractivity contribution in [3.8, 4) is 0 Å². The maximum absolute atomic E-state index is 13.5. The second-order valence-corrected chi connectivity index (χ2v) is 24.0. The van der Waals surface area contributed by atoms with E-state index < -0.39 is 26.6 Å². The Balaban J connectivity index is 5.26. The molecule has 74 heavy (non-hydrogen) atoms. The summed E-state index contributed by atoms with van der Waals surface area (Å²) in [6, 6.07) is -0.893. The van der Waals surface area contributed by atoms with Gasteiger partial charge in [0.05, 0.1) is 33.8 Å². The standard InChI is InChI=1S/C64H121N2O7P/c1-7-10-13-16-19-22-25-28-30-32-33-35-36-38-41-44-47-50-53-56-63(67)65-61(60-72-74(69,70)71-59-58-66(4,5)6)62(55-52-49-46-43-40-27-24-21-18-15-12-9-3)73-64(68)57-54-51-48-45-42-39-37-34-31-29-26-23-20-17-14-11-8-2/h19,22,28,30,33,35,52,55,61-62H,7-18,20-21,23-27,29,31-32,34,36-51,53-54,56-60H2,1-6H3,(H-,65,67,69,70)/b22-19-,30-28-,35-33-,55-52+. The Labute approximate surface area is 458 Å². The quantitative estimate of drug-likeness (QED) is 0.0212. The highest BCUT2D eigenvalue weighted by Gasteiger charge is 2.27. The molecule has 9 nitrogen and oxygen atoms in total. The second-order valence-electron chi connectivity index (χ2n) is 22.6. The molecule has 0 radical (unpaired) electrons. The van der Waals surface area contributed by atoms with Crippen LogP contribution in [-0.4, -0.2) is 69.4 Å². The zero-order valence-electron chi connectivity index (χ0n) is 49.6. The molecule has 0 heterocycles. The molecule has 0 saturated heterocycles. The Bertz CT molecular complexity index is 1410. The number of nitrogens with zero attached hydrogens (tertiary/aromatic N) is 1. The van der Waals surface area contributed by atoms with Crippen LogP contribution in [0, 0.1) is 0 Å². The van der Waals surface area contributed by atoms with Crippen molar-refractivity contribution in [3.05, 3.63) is 48.6 Å². The molecule has 0 saturated carbocycles. The van der Waals surface area contributed by atoms with Crippen molar-refractivity contribution >= 4 is 19.7 Å². The van der Waals surface area contributed by atoms with E-state index >= 15 is 0 Å². The van der Waals surface area contributed by atoms with Crippen molar-refractivity contribution < 1.29 is 37.3 Å². The normalized spacial score (nSPS) is 14.0. The lowest BCUT2D eigenvalue weighted by atomic mass is 10.0. The fraction of sp³-hybridized carbons (Fsp3) is 0.844. The van der Waals surface area contributed by atoms with E-state index in [1.807, 2.05) is 33.3 Å². The van der Waals surface area contributed by atoms with Gasteiger partial charge in [-0.05, 0) is 70.3 Å². The van der Waals surface area contributed by atoms with Crippen LogP contribution < -0.4 is 10.2 Å². The number of phosphoric ester groups is 1. The Hall–Kier alpha value is -2.03. The van der Waals surface area contributed by atoms with Gasteiger partial charge in [0, 0.05) is 12.8 Å². The van der Waals surface area contributed by atoms with E-state index in [9.17, 15) is 19.0 Å². The monoisotopic (exact) mass is 1060 g/mol. The van der Waals surface area contributed by atoms with Crippen LogP contribution in [0.15, 0.2) is 48.6 Å². The minimum Gasteiger partial charge on any atom is -0.756 e. The number of esters is 1. The van der Waals surface area contributed by atoms with Gasteiger partial charge in [0.25, 0.3) is 7.82 Å². The third-order valence-corrected chi connectivity index (χ3v) is 15.0. The topological polar surface area (TPSA) is 114 Å². The van der Waals surface area contributed by atoms with Gasteiger partial charge >= 0.3 is 5.97 Å². The largest absolute Gasteiger partial charge is 0.756 e. The van der Waals surface area contributed by atoms with Crippen LogP contribution in [0.1, 0.15) is 297 Å². The molecule has 0 aliphatic rings. The Morgan fingerprint density at radius 1 is 0.473 bits per heavy atom. The van der Waals surface area contributed by atoms with Gasteiger partial charge in [-0.25, -0.2) is 0 Å². The number of hydrogen-bond acceptors (Lipinski definition) is 7. The molecule has 0 aliphatic heterocycles. The Morgan fingerprint density at radius 3 is 1.26 bits per heavy atom. The summed E-state index contributed by atoms with van der Waals surface area (Å²) < 4.78 is 30.3. The first-order valence-electron chi connectivity index (χ1n) is 31.4. The fourth-order valence-electron chi connectivity index (χ4n) is 9.12. The molecule has 1 N–H and O–H groups in total. The minimum atomic E-state index is -4.70. The van der Waals surface area contributed by atoms with Crippen molar-refractivity contribution in [3.63, 3.8) is 0 Å². The van der Waals surface area contributed by atoms with E-state index in [0.717, 1.165) is 89.9 Å². The zero-order valence-corrected chi connectivity index (χ0v) is 50.4. The van der Waals surface area contributed by atoms with Crippen LogP contribution >= 0.6 is 7.82 Å². The van der Waals surface area contributed by atoms with Crippen molar-refractivity contribution in [2.75, 3.05) is 40.9 Å². The number of carbonyl (C=O) groups is 2. The first kappa shape index (κ1) is 72.0. The average molecular weight is 1060 g/mol. The summed E-state index contributed by atoms with van der Waals surface area (Å²) in [5, 5.41) is 3.03. The number of unbranched alkanes of at least 4 members (excludes halogenated alkanes) is 35. The van der Waals surface area contributed by atoms with Gasteiger partial charge in [-0.15, -0.1) is 0 Å². The van der Waals surface area contributed by atoms with E-state index in [0.29, 0.717) is 17.4 Å². The SMILES string of the molecule is CCCCC/C=C\C/C=C\C/C=C\CCCCCCCCC(=O)NC(COP(=O)([O-])OCC[N+](C)(C)C)C(/C=C/CCCCCCCCCCCC)OC(=O)CCCCCCCCCCCCCCCCCCC. The summed E-state index contributed by atoms with van der Waals surface area (Å²) in [7, 11) is 1.18. The van der Waals surface area contributed by atoms with Crippen molar-refractivity contribution in [1.82, 2.24) is 5.32 Å². The molecule has 0 fully saturated rings. The molecule has 0 spiro atoms. The summed E-state index contributed by atoms with van der Waals surface area (Å²) in [5.41, 5.74) is 0. The maximum Gasteiger partial charge on any atom is 0.306 e. The molecule has 10 heteroatoms. The lowest BCUT2D eigenvalue weighted by Crippen LogP contribution is -2.47. The number of phosphoric acid groups is 1. The lowest BCUT2D eigenvalue weighted by Gasteiger charge is -2.30. The highest BCUT2D eigenvalue weighted by molar-refractivity contribution is 7.45. The first-order valence-corrected chi connectivity index (χ1v) is 32.9. The number of allylic oxidation sites excluding steroid dienone is 7. The third kappa shape index (κ3) is 54.7. The molecule has 434 valence electrons. The third-order valence-electron chi connectivity index (χ3n) is 14.0. The Morgan fingerprint density at radius 2 is 0.824 bits per heavy atom. The number of nitrogens with one attached hydrogen (secondary N) is 1. The molecule has 0 aromatic carbocycles. The summed E-state index contributed by atoms with van der Waals surface area (Å²) in [4.78, 5) is 40.0. The summed E-state index contributed by atoms with van der Waals surface area (Å²) >= 11 is 0. The fourth-order valence-corrected chi connectivity index (χ4v) is 9.84. The molecular weight excluding hydrogens is 940 g/mol. The van der Waals surface area contributed by atoms with Crippen LogP contribution in [-0.2, 0) is 27.9 Å². The number of likely N-dealkylation sites (N-methyl/N-ethyl adjacent to an activating group) is 1. The predicted molar refractivity (Wildman–Crippen MR) is 316 cm³/mol. The van der Waals surface area contributed by atoms with E-state index in [4.69, 9.17) is 13.8 Å². The molecule has 3 atom stereocenters. The maximum atomic E-state index is 13.5. The van der Waals surface area contributed by atoms with Gasteiger partial charge in [0.15, 0.2) is 0 Å². The number of carbonyl (C=O) groups excluding carboxylic acids is 2. The van der Waals surface area contributed by atoms with Crippen LogP contribution in [0.4, 0.5) is 0 Å². The summed E-state index contributed by atoms with van der Waals surface area (Å²) in [6.07, 6.45) is 66.4. The molecule has 0 aliphatic carbocycles. The van der Waals surface area contributed by atoms with Crippen LogP contribution in [0.5, 0.6) is 0 Å². The smallest absolute Gasteiger partial charge is 0.306 e. The zero-order chi connectivity index (χ0) is 54.3. The van der Waals surface area contributed by atoms with E-state index in [1.54, 1.807) is 0 Å². The lowest BCUT2D eigenvalue weighted by molar-refractivity contribution is -0.870. The van der Waals surface area contributed by atoms with Gasteiger partial charge in [0.2, 0.25) is 5.91 Å². The van der Waals surface area contributed by atoms with E-state index in [1.165, 1.54) is 173 Å². The number of ether oxygens (including phenoxy) is 1. The van der Waals surface area contributed by atoms with Gasteiger partial charge < -0.3 is 28.5 Å². The summed E-state index contributed by atoms with van der Waals surface area (Å²) in [6.45, 7) is 6.83. The highest BCUT2D eigenvalue weighted by atomic mass is 31.2. The molecule has 0 aromatic rings. The number of rotatable bonds is 57. The van der Waals surface area contributed by atoms with Crippen molar-refractivity contribution in [1.29, 1.82) is 0 Å². The highest BCUT2D eigenvalue weighted by Crippen LogP contribution is 2.38. The molecule has 0 aromatic heterocycles. The van der Waals surface area contributed by atoms with Crippen molar-refractivity contribution in [2.24, 2.45) is 0 Å². The van der Waals surface area contributed by atoms with Crippen LogP contribution in [0.25, 0.3) is 0 Å². The average Bonchev–Trinajstić information content (AvgIpc) is 3.36. The second kappa shape index (κ2) is 54.3. The number of quaternary nitrogens is 1. The Kier molecular flexibility index (Phi) is 52.8. The minimum absolute atomic E-state index is 0.0241. The number of hydrogen-bond donors (Lipinski definition) is 1. The van der Waals surface area contributed by atoms with Gasteiger partial charge in [-0.3, -0.25) is 14.2 Å². The van der Waals surface area contributed by atoms with E-state index in [-0.39, 0.29) is 24.9 Å². The summed E-state index contributed by atoms with van der Waals surface area (Å²) in [5.74, 6) is -0.545. The van der Waals surface area contributed by atoms with Crippen molar-refractivity contribution in [2.45, 2.75) is 309 Å².